The van der Waals surface area contributed by atoms with Gasteiger partial charge >= 0.3 is 0 Å². The summed E-state index contributed by atoms with van der Waals surface area (Å²) in [5.41, 5.74) is 1.26. The van der Waals surface area contributed by atoms with Gasteiger partial charge in [-0.2, -0.15) is 0 Å². The molecule has 0 aromatic carbocycles. The van der Waals surface area contributed by atoms with Crippen LogP contribution in [0, 0.1) is 0 Å². The third-order valence-corrected chi connectivity index (χ3v) is 2.31. The third-order valence-electron chi connectivity index (χ3n) is 2.31. The van der Waals surface area contributed by atoms with Crippen LogP contribution in [-0.2, 0) is 4.74 Å². The van der Waals surface area contributed by atoms with Gasteiger partial charge in [0.05, 0.1) is 13.2 Å². The Kier molecular flexibility index (Phi) is 5.15. The number of hydrogen-bond acceptors (Lipinski definition) is 3. The zero-order valence-electron chi connectivity index (χ0n) is 9.38. The molecule has 1 aliphatic rings. The molecule has 1 fully saturated rings. The highest BCUT2D eigenvalue weighted by Gasteiger charge is 2.10. The smallest absolute Gasteiger partial charge is 0.0594 e. The Labute approximate surface area is 87.1 Å². The standard InChI is InChI=1S/C11H22N2O/c1-10(2)12-8-11(3)9-13-4-6-14-7-5-13/h10,12H,3-9H2,1-2H3. The van der Waals surface area contributed by atoms with E-state index < -0.39 is 0 Å². The van der Waals surface area contributed by atoms with Gasteiger partial charge in [-0.15, -0.1) is 0 Å². The monoisotopic (exact) mass is 198 g/mol. The quantitative estimate of drug-likeness (QED) is 0.664. The van der Waals surface area contributed by atoms with Crippen LogP contribution in [0.15, 0.2) is 12.2 Å². The van der Waals surface area contributed by atoms with Crippen molar-refractivity contribution >= 4 is 0 Å². The van der Waals surface area contributed by atoms with Gasteiger partial charge in [0, 0.05) is 32.2 Å². The first-order valence-corrected chi connectivity index (χ1v) is 5.38. The molecule has 3 nitrogen and oxygen atoms in total. The van der Waals surface area contributed by atoms with E-state index in [2.05, 4.69) is 30.6 Å². The minimum absolute atomic E-state index is 0.538. The average Bonchev–Trinajstić information content (AvgIpc) is 2.16. The van der Waals surface area contributed by atoms with E-state index in [1.165, 1.54) is 5.57 Å². The molecule has 0 unspecified atom stereocenters. The van der Waals surface area contributed by atoms with Crippen LogP contribution in [-0.4, -0.2) is 50.3 Å². The molecule has 0 bridgehead atoms. The first kappa shape index (κ1) is 11.7. The summed E-state index contributed by atoms with van der Waals surface area (Å²) in [6.07, 6.45) is 0. The Morgan fingerprint density at radius 3 is 2.64 bits per heavy atom. The number of nitrogens with one attached hydrogen (secondary N) is 1. The Morgan fingerprint density at radius 1 is 1.43 bits per heavy atom. The van der Waals surface area contributed by atoms with Gasteiger partial charge in [-0.25, -0.2) is 0 Å². The molecule has 0 aliphatic carbocycles. The Morgan fingerprint density at radius 2 is 2.07 bits per heavy atom. The van der Waals surface area contributed by atoms with Crippen molar-refractivity contribution in [1.82, 2.24) is 10.2 Å². The fraction of sp³-hybridized carbons (Fsp3) is 0.818. The maximum Gasteiger partial charge on any atom is 0.0594 e. The van der Waals surface area contributed by atoms with Gasteiger partial charge in [-0.05, 0) is 5.57 Å². The molecular weight excluding hydrogens is 176 g/mol. The lowest BCUT2D eigenvalue weighted by molar-refractivity contribution is 0.0421. The number of ether oxygens (including phenoxy) is 1. The van der Waals surface area contributed by atoms with E-state index in [4.69, 9.17) is 4.74 Å². The largest absolute Gasteiger partial charge is 0.379 e. The van der Waals surface area contributed by atoms with E-state index in [1.807, 2.05) is 0 Å². The molecule has 0 saturated carbocycles. The zero-order valence-corrected chi connectivity index (χ0v) is 9.38. The van der Waals surface area contributed by atoms with Crippen LogP contribution in [0.25, 0.3) is 0 Å². The molecule has 0 atom stereocenters. The maximum absolute atomic E-state index is 5.29. The van der Waals surface area contributed by atoms with Crippen molar-refractivity contribution in [3.63, 3.8) is 0 Å². The van der Waals surface area contributed by atoms with E-state index >= 15 is 0 Å². The summed E-state index contributed by atoms with van der Waals surface area (Å²) >= 11 is 0. The van der Waals surface area contributed by atoms with Gasteiger partial charge in [-0.1, -0.05) is 20.4 Å². The zero-order chi connectivity index (χ0) is 10.4. The lowest BCUT2D eigenvalue weighted by Crippen LogP contribution is -2.39. The van der Waals surface area contributed by atoms with E-state index in [-0.39, 0.29) is 0 Å². The maximum atomic E-state index is 5.29. The summed E-state index contributed by atoms with van der Waals surface area (Å²) < 4.78 is 5.29. The van der Waals surface area contributed by atoms with E-state index in [1.54, 1.807) is 0 Å². The number of nitrogens with zero attached hydrogens (tertiary/aromatic N) is 1. The number of rotatable bonds is 5. The minimum Gasteiger partial charge on any atom is -0.379 e. The fourth-order valence-corrected chi connectivity index (χ4v) is 1.48. The van der Waals surface area contributed by atoms with Gasteiger partial charge in [0.15, 0.2) is 0 Å². The number of morpholine rings is 1. The van der Waals surface area contributed by atoms with Gasteiger partial charge in [0.25, 0.3) is 0 Å². The van der Waals surface area contributed by atoms with Gasteiger partial charge < -0.3 is 10.1 Å². The molecule has 14 heavy (non-hydrogen) atoms. The summed E-state index contributed by atoms with van der Waals surface area (Å²) in [6.45, 7) is 14.1. The average molecular weight is 198 g/mol. The highest BCUT2D eigenvalue weighted by atomic mass is 16.5. The van der Waals surface area contributed by atoms with Crippen molar-refractivity contribution in [3.8, 4) is 0 Å². The van der Waals surface area contributed by atoms with Crippen molar-refractivity contribution in [1.29, 1.82) is 0 Å². The van der Waals surface area contributed by atoms with Crippen molar-refractivity contribution < 1.29 is 4.74 Å². The van der Waals surface area contributed by atoms with E-state index in [9.17, 15) is 0 Å². The molecule has 1 N–H and O–H groups in total. The second kappa shape index (κ2) is 6.17. The van der Waals surface area contributed by atoms with Crippen LogP contribution in [0.3, 0.4) is 0 Å². The molecule has 0 aromatic rings. The molecule has 1 aliphatic heterocycles. The first-order valence-electron chi connectivity index (χ1n) is 5.38. The van der Waals surface area contributed by atoms with Gasteiger partial charge in [-0.3, -0.25) is 4.90 Å². The second-order valence-corrected chi connectivity index (χ2v) is 4.17. The van der Waals surface area contributed by atoms with Crippen molar-refractivity contribution in [3.05, 3.63) is 12.2 Å². The summed E-state index contributed by atoms with van der Waals surface area (Å²) in [5, 5.41) is 3.38. The predicted molar refractivity (Wildman–Crippen MR) is 59.5 cm³/mol. The van der Waals surface area contributed by atoms with E-state index in [0.29, 0.717) is 6.04 Å². The molecular formula is C11H22N2O. The van der Waals surface area contributed by atoms with Crippen LogP contribution in [0.4, 0.5) is 0 Å². The van der Waals surface area contributed by atoms with Crippen LogP contribution < -0.4 is 5.32 Å². The molecule has 0 spiro atoms. The summed E-state index contributed by atoms with van der Waals surface area (Å²) in [5.74, 6) is 0. The molecule has 3 heteroatoms. The second-order valence-electron chi connectivity index (χ2n) is 4.17. The lowest BCUT2D eigenvalue weighted by atomic mass is 10.2. The molecule has 0 aromatic heterocycles. The SMILES string of the molecule is C=C(CNC(C)C)CN1CCOCC1. The summed E-state index contributed by atoms with van der Waals surface area (Å²) in [7, 11) is 0. The molecule has 1 saturated heterocycles. The topological polar surface area (TPSA) is 24.5 Å². The molecule has 0 amide bonds. The van der Waals surface area contributed by atoms with Crippen molar-refractivity contribution in [2.45, 2.75) is 19.9 Å². The van der Waals surface area contributed by atoms with Crippen LogP contribution in [0.1, 0.15) is 13.8 Å². The third kappa shape index (κ3) is 4.74. The first-order chi connectivity index (χ1) is 6.68. The van der Waals surface area contributed by atoms with Crippen molar-refractivity contribution in [2.24, 2.45) is 0 Å². The summed E-state index contributed by atoms with van der Waals surface area (Å²) in [6, 6.07) is 0.538. The normalized spacial score (nSPS) is 18.8. The highest BCUT2D eigenvalue weighted by Crippen LogP contribution is 2.00. The molecule has 1 heterocycles. The predicted octanol–water partition coefficient (Wildman–Crippen LogP) is 0.873. The Balaban J connectivity index is 2.12. The molecule has 1 rings (SSSR count). The van der Waals surface area contributed by atoms with E-state index in [0.717, 1.165) is 39.4 Å². The van der Waals surface area contributed by atoms with Crippen LogP contribution >= 0.6 is 0 Å². The van der Waals surface area contributed by atoms with Crippen molar-refractivity contribution in [2.75, 3.05) is 39.4 Å². The molecule has 0 radical (unpaired) electrons. The Hall–Kier alpha value is -0.380. The van der Waals surface area contributed by atoms with Gasteiger partial charge in [0.1, 0.15) is 0 Å². The molecule has 82 valence electrons. The fourth-order valence-electron chi connectivity index (χ4n) is 1.48. The highest BCUT2D eigenvalue weighted by molar-refractivity contribution is 5.00. The minimum atomic E-state index is 0.538. The summed E-state index contributed by atoms with van der Waals surface area (Å²) in [4.78, 5) is 2.40. The lowest BCUT2D eigenvalue weighted by Gasteiger charge is -2.27. The van der Waals surface area contributed by atoms with Gasteiger partial charge in [0.2, 0.25) is 0 Å². The van der Waals surface area contributed by atoms with Crippen LogP contribution in [0.5, 0.6) is 0 Å². The van der Waals surface area contributed by atoms with Crippen LogP contribution in [0.2, 0.25) is 0 Å². The Bertz CT molecular complexity index is 174. The number of hydrogen-bond donors (Lipinski definition) is 1.